The topological polar surface area (TPSA) is 29.3 Å². The van der Waals surface area contributed by atoms with Gasteiger partial charge in [0, 0.05) is 31.2 Å². The summed E-state index contributed by atoms with van der Waals surface area (Å²) >= 11 is 0. The number of hydrogen-bond donors (Lipinski definition) is 1. The summed E-state index contributed by atoms with van der Waals surface area (Å²) < 4.78 is 53.4. The van der Waals surface area contributed by atoms with Crippen LogP contribution in [0.25, 0.3) is 0 Å². The molecular weight excluding hydrogens is 308 g/mol. The van der Waals surface area contributed by atoms with Crippen LogP contribution in [-0.4, -0.2) is 11.4 Å². The first-order valence-corrected chi connectivity index (χ1v) is 7.28. The van der Waals surface area contributed by atoms with E-state index in [-0.39, 0.29) is 37.1 Å². The van der Waals surface area contributed by atoms with Gasteiger partial charge in [0.15, 0.2) is 0 Å². The third-order valence-corrected chi connectivity index (χ3v) is 4.23. The Morgan fingerprint density at radius 3 is 2.48 bits per heavy atom. The van der Waals surface area contributed by atoms with Gasteiger partial charge in [-0.3, -0.25) is 4.90 Å². The molecule has 0 saturated heterocycles. The Bertz CT molecular complexity index is 712. The summed E-state index contributed by atoms with van der Waals surface area (Å²) in [5, 5.41) is 0. The summed E-state index contributed by atoms with van der Waals surface area (Å²) in [4.78, 5) is 1.79. The van der Waals surface area contributed by atoms with Crippen LogP contribution >= 0.6 is 0 Å². The molecule has 0 bridgehead atoms. The van der Waals surface area contributed by atoms with Crippen LogP contribution in [-0.2, 0) is 19.3 Å². The Kier molecular flexibility index (Phi) is 4.12. The molecule has 1 aliphatic rings. The highest BCUT2D eigenvalue weighted by Crippen LogP contribution is 2.41. The number of nitrogens with two attached hydrogens (primary N) is 1. The lowest BCUT2D eigenvalue weighted by molar-refractivity contribution is -0.138. The van der Waals surface area contributed by atoms with Crippen LogP contribution < -0.4 is 5.73 Å². The monoisotopic (exact) mass is 324 g/mol. The number of benzene rings is 2. The second-order valence-electron chi connectivity index (χ2n) is 5.62. The van der Waals surface area contributed by atoms with Crippen molar-refractivity contribution < 1.29 is 17.6 Å². The molecule has 1 aliphatic heterocycles. The van der Waals surface area contributed by atoms with Gasteiger partial charge in [-0.25, -0.2) is 4.39 Å². The van der Waals surface area contributed by atoms with Crippen LogP contribution in [0.15, 0.2) is 42.5 Å². The molecule has 2 aromatic rings. The molecular formula is C17H16F4N2. The lowest BCUT2D eigenvalue weighted by Gasteiger charge is -2.24. The van der Waals surface area contributed by atoms with Gasteiger partial charge in [-0.2, -0.15) is 13.2 Å². The maximum absolute atomic E-state index is 13.8. The van der Waals surface area contributed by atoms with Gasteiger partial charge in [-0.05, 0) is 23.3 Å². The van der Waals surface area contributed by atoms with Crippen molar-refractivity contribution >= 4 is 0 Å². The maximum atomic E-state index is 13.8. The van der Waals surface area contributed by atoms with E-state index in [4.69, 9.17) is 5.73 Å². The SMILES string of the molecule is NCC1c2cccc(C(F)(F)F)c2CN1Cc1ccccc1F. The zero-order chi connectivity index (χ0) is 16.6. The van der Waals surface area contributed by atoms with Gasteiger partial charge in [0.2, 0.25) is 0 Å². The summed E-state index contributed by atoms with van der Waals surface area (Å²) in [6, 6.07) is 10.1. The van der Waals surface area contributed by atoms with Crippen LogP contribution in [0.4, 0.5) is 17.6 Å². The molecule has 0 amide bonds. The molecule has 0 aromatic heterocycles. The molecule has 23 heavy (non-hydrogen) atoms. The van der Waals surface area contributed by atoms with Crippen molar-refractivity contribution in [3.05, 3.63) is 70.5 Å². The fourth-order valence-electron chi connectivity index (χ4n) is 3.16. The molecule has 0 spiro atoms. The lowest BCUT2D eigenvalue weighted by Crippen LogP contribution is -2.27. The minimum Gasteiger partial charge on any atom is -0.329 e. The van der Waals surface area contributed by atoms with Gasteiger partial charge < -0.3 is 5.73 Å². The first-order valence-electron chi connectivity index (χ1n) is 7.28. The van der Waals surface area contributed by atoms with E-state index in [0.717, 1.165) is 6.07 Å². The number of hydrogen-bond acceptors (Lipinski definition) is 2. The molecule has 0 radical (unpaired) electrons. The highest BCUT2D eigenvalue weighted by molar-refractivity contribution is 5.42. The molecule has 6 heteroatoms. The molecule has 2 nitrogen and oxygen atoms in total. The number of alkyl halides is 3. The predicted molar refractivity (Wildman–Crippen MR) is 78.9 cm³/mol. The van der Waals surface area contributed by atoms with E-state index in [9.17, 15) is 17.6 Å². The van der Waals surface area contributed by atoms with Crippen molar-refractivity contribution in [3.63, 3.8) is 0 Å². The lowest BCUT2D eigenvalue weighted by atomic mass is 9.99. The molecule has 122 valence electrons. The van der Waals surface area contributed by atoms with Crippen molar-refractivity contribution in [1.82, 2.24) is 4.90 Å². The van der Waals surface area contributed by atoms with Gasteiger partial charge in [-0.1, -0.05) is 30.3 Å². The molecule has 2 aromatic carbocycles. The van der Waals surface area contributed by atoms with Gasteiger partial charge in [0.1, 0.15) is 5.82 Å². The van der Waals surface area contributed by atoms with E-state index in [2.05, 4.69) is 0 Å². The summed E-state index contributed by atoms with van der Waals surface area (Å²) in [6.07, 6.45) is -4.40. The van der Waals surface area contributed by atoms with E-state index < -0.39 is 11.7 Å². The van der Waals surface area contributed by atoms with Crippen LogP contribution in [0, 0.1) is 5.82 Å². The van der Waals surface area contributed by atoms with Crippen molar-refractivity contribution in [3.8, 4) is 0 Å². The van der Waals surface area contributed by atoms with Crippen molar-refractivity contribution in [1.29, 1.82) is 0 Å². The Morgan fingerprint density at radius 1 is 1.09 bits per heavy atom. The van der Waals surface area contributed by atoms with E-state index in [1.807, 2.05) is 0 Å². The van der Waals surface area contributed by atoms with Crippen LogP contribution in [0.5, 0.6) is 0 Å². The summed E-state index contributed by atoms with van der Waals surface area (Å²) in [6.45, 7) is 0.518. The minimum absolute atomic E-state index is 0.112. The molecule has 2 N–H and O–H groups in total. The first kappa shape index (κ1) is 16.0. The normalized spacial score (nSPS) is 18.2. The Hall–Kier alpha value is -1.92. The fraction of sp³-hybridized carbons (Fsp3) is 0.294. The van der Waals surface area contributed by atoms with Gasteiger partial charge >= 0.3 is 6.18 Å². The van der Waals surface area contributed by atoms with Crippen molar-refractivity contribution in [2.45, 2.75) is 25.3 Å². The quantitative estimate of drug-likeness (QED) is 0.869. The first-order chi connectivity index (χ1) is 10.9. The average Bonchev–Trinajstić information content (AvgIpc) is 2.85. The van der Waals surface area contributed by atoms with Crippen LogP contribution in [0.1, 0.15) is 28.3 Å². The average molecular weight is 324 g/mol. The molecule has 0 saturated carbocycles. The molecule has 0 aliphatic carbocycles. The molecule has 1 heterocycles. The van der Waals surface area contributed by atoms with Gasteiger partial charge in [0.05, 0.1) is 5.56 Å². The van der Waals surface area contributed by atoms with Crippen molar-refractivity contribution in [2.24, 2.45) is 5.73 Å². The third kappa shape index (κ3) is 2.96. The zero-order valence-electron chi connectivity index (χ0n) is 12.3. The summed E-state index contributed by atoms with van der Waals surface area (Å²) in [5.74, 6) is -0.365. The second-order valence-corrected chi connectivity index (χ2v) is 5.62. The second kappa shape index (κ2) is 5.94. The Morgan fingerprint density at radius 2 is 1.83 bits per heavy atom. The zero-order valence-corrected chi connectivity index (χ0v) is 12.3. The minimum atomic E-state index is -4.40. The molecule has 1 atom stereocenters. The Labute approximate surface area is 131 Å². The molecule has 0 fully saturated rings. The number of rotatable bonds is 3. The van der Waals surface area contributed by atoms with E-state index in [1.165, 1.54) is 12.1 Å². The van der Waals surface area contributed by atoms with Crippen molar-refractivity contribution in [2.75, 3.05) is 6.54 Å². The number of fused-ring (bicyclic) bond motifs is 1. The van der Waals surface area contributed by atoms with Gasteiger partial charge in [0.25, 0.3) is 0 Å². The van der Waals surface area contributed by atoms with Crippen LogP contribution in [0.2, 0.25) is 0 Å². The molecule has 1 unspecified atom stereocenters. The summed E-state index contributed by atoms with van der Waals surface area (Å²) in [7, 11) is 0. The van der Waals surface area contributed by atoms with E-state index in [0.29, 0.717) is 11.1 Å². The standard InChI is InChI=1S/C17H16F4N2/c18-15-7-2-1-4-11(15)9-23-10-13-12(16(23)8-22)5-3-6-14(13)17(19,20)21/h1-7,16H,8-10,22H2. The number of halogens is 4. The van der Waals surface area contributed by atoms with E-state index >= 15 is 0 Å². The highest BCUT2D eigenvalue weighted by Gasteiger charge is 2.39. The highest BCUT2D eigenvalue weighted by atomic mass is 19.4. The summed E-state index contributed by atoms with van der Waals surface area (Å²) in [5.41, 5.74) is 6.41. The third-order valence-electron chi connectivity index (χ3n) is 4.23. The van der Waals surface area contributed by atoms with Gasteiger partial charge in [-0.15, -0.1) is 0 Å². The fourth-order valence-corrected chi connectivity index (χ4v) is 3.16. The predicted octanol–water partition coefficient (Wildman–Crippen LogP) is 3.86. The maximum Gasteiger partial charge on any atom is 0.416 e. The molecule has 3 rings (SSSR count). The number of nitrogens with zero attached hydrogens (tertiary/aromatic N) is 1. The largest absolute Gasteiger partial charge is 0.416 e. The Balaban J connectivity index is 1.95. The smallest absolute Gasteiger partial charge is 0.329 e. The van der Waals surface area contributed by atoms with E-state index in [1.54, 1.807) is 29.2 Å². The van der Waals surface area contributed by atoms with Crippen LogP contribution in [0.3, 0.4) is 0 Å².